The van der Waals surface area contributed by atoms with E-state index in [0.29, 0.717) is 6.07 Å². The molecule has 0 unspecified atom stereocenters. The Kier molecular flexibility index (Phi) is 4.80. The van der Waals surface area contributed by atoms with Gasteiger partial charge in [-0.3, -0.25) is 0 Å². The topological polar surface area (TPSA) is 24.9 Å². The Bertz CT molecular complexity index is 404. The molecule has 0 bridgehead atoms. The number of hydrogen-bond acceptors (Lipinski definition) is 2. The van der Waals surface area contributed by atoms with E-state index in [9.17, 15) is 26.3 Å². The standard InChI is InChI=1S/C10H10F6N2/c11-6-5-7(12)9(18-8(6)13)17-4-2-1-3-10(14,15)16/h5H,1-4H2,(H,17,18). The van der Waals surface area contributed by atoms with Gasteiger partial charge < -0.3 is 5.32 Å². The monoisotopic (exact) mass is 272 g/mol. The summed E-state index contributed by atoms with van der Waals surface area (Å²) in [6, 6.07) is 0.320. The van der Waals surface area contributed by atoms with Gasteiger partial charge in [-0.25, -0.2) is 8.78 Å². The second-order valence-corrected chi connectivity index (χ2v) is 3.59. The van der Waals surface area contributed by atoms with Gasteiger partial charge in [0.05, 0.1) is 0 Å². The molecule has 0 saturated carbocycles. The predicted octanol–water partition coefficient (Wildman–Crippen LogP) is 3.64. The van der Waals surface area contributed by atoms with Gasteiger partial charge in [0.25, 0.3) is 5.95 Å². The molecule has 1 heterocycles. The Balaban J connectivity index is 2.38. The van der Waals surface area contributed by atoms with Gasteiger partial charge in [-0.05, 0) is 12.8 Å². The van der Waals surface area contributed by atoms with E-state index >= 15 is 0 Å². The maximum atomic E-state index is 13.0. The van der Waals surface area contributed by atoms with Crippen molar-refractivity contribution >= 4 is 5.82 Å². The number of nitrogens with one attached hydrogen (secondary N) is 1. The van der Waals surface area contributed by atoms with Crippen molar-refractivity contribution in [1.29, 1.82) is 0 Å². The number of hydrogen-bond donors (Lipinski definition) is 1. The maximum absolute atomic E-state index is 13.0. The number of pyridine rings is 1. The number of alkyl halides is 3. The third kappa shape index (κ3) is 4.80. The van der Waals surface area contributed by atoms with Crippen molar-refractivity contribution in [2.24, 2.45) is 0 Å². The van der Waals surface area contributed by atoms with Crippen molar-refractivity contribution in [2.45, 2.75) is 25.4 Å². The first-order chi connectivity index (χ1) is 8.29. The molecule has 1 rings (SSSR count). The highest BCUT2D eigenvalue weighted by Crippen LogP contribution is 2.22. The third-order valence-corrected chi connectivity index (χ3v) is 2.07. The summed E-state index contributed by atoms with van der Waals surface area (Å²) in [4.78, 5) is 2.97. The molecule has 18 heavy (non-hydrogen) atoms. The van der Waals surface area contributed by atoms with Crippen LogP contribution in [0.4, 0.5) is 32.2 Å². The second kappa shape index (κ2) is 5.92. The van der Waals surface area contributed by atoms with Crippen LogP contribution in [0.2, 0.25) is 0 Å². The third-order valence-electron chi connectivity index (χ3n) is 2.07. The molecule has 1 N–H and O–H groups in total. The molecule has 0 amide bonds. The molecule has 1 aromatic heterocycles. The highest BCUT2D eigenvalue weighted by Gasteiger charge is 2.25. The molecule has 0 aliphatic rings. The van der Waals surface area contributed by atoms with Crippen LogP contribution in [0.1, 0.15) is 19.3 Å². The molecule has 1 aromatic rings. The van der Waals surface area contributed by atoms with E-state index in [0.717, 1.165) is 0 Å². The van der Waals surface area contributed by atoms with Gasteiger partial charge >= 0.3 is 6.18 Å². The zero-order valence-electron chi connectivity index (χ0n) is 9.12. The highest BCUT2D eigenvalue weighted by molar-refractivity contribution is 5.35. The van der Waals surface area contributed by atoms with Gasteiger partial charge in [0.1, 0.15) is 0 Å². The fourth-order valence-corrected chi connectivity index (χ4v) is 1.23. The molecule has 0 aliphatic heterocycles. The first kappa shape index (κ1) is 14.6. The van der Waals surface area contributed by atoms with Gasteiger partial charge in [-0.2, -0.15) is 22.5 Å². The average Bonchev–Trinajstić information content (AvgIpc) is 2.23. The Hall–Kier alpha value is -1.47. The maximum Gasteiger partial charge on any atom is 0.389 e. The van der Waals surface area contributed by atoms with Crippen LogP contribution < -0.4 is 5.32 Å². The van der Waals surface area contributed by atoms with Crippen LogP contribution in [0.5, 0.6) is 0 Å². The minimum Gasteiger partial charge on any atom is -0.368 e. The molecule has 2 nitrogen and oxygen atoms in total. The summed E-state index contributed by atoms with van der Waals surface area (Å²) in [6.45, 7) is -0.00886. The van der Waals surface area contributed by atoms with E-state index in [-0.39, 0.29) is 19.4 Å². The van der Waals surface area contributed by atoms with Crippen LogP contribution in [0.25, 0.3) is 0 Å². The fraction of sp³-hybridized carbons (Fsp3) is 0.500. The van der Waals surface area contributed by atoms with Crippen LogP contribution >= 0.6 is 0 Å². The summed E-state index contributed by atoms with van der Waals surface area (Å²) < 4.78 is 73.5. The van der Waals surface area contributed by atoms with Gasteiger partial charge in [0.15, 0.2) is 17.5 Å². The number of halogens is 6. The first-order valence-electron chi connectivity index (χ1n) is 5.12. The molecule has 0 atom stereocenters. The van der Waals surface area contributed by atoms with Crippen LogP contribution in [0.15, 0.2) is 6.07 Å². The smallest absolute Gasteiger partial charge is 0.368 e. The summed E-state index contributed by atoms with van der Waals surface area (Å²) in [6.07, 6.45) is -5.20. The van der Waals surface area contributed by atoms with E-state index in [2.05, 4.69) is 10.3 Å². The van der Waals surface area contributed by atoms with Gasteiger partial charge in [0.2, 0.25) is 0 Å². The molecule has 0 aliphatic carbocycles. The van der Waals surface area contributed by atoms with Crippen molar-refractivity contribution in [3.63, 3.8) is 0 Å². The first-order valence-corrected chi connectivity index (χ1v) is 5.12. The number of rotatable bonds is 5. The Morgan fingerprint density at radius 2 is 1.72 bits per heavy atom. The van der Waals surface area contributed by atoms with Crippen molar-refractivity contribution in [2.75, 3.05) is 11.9 Å². The lowest BCUT2D eigenvalue weighted by molar-refractivity contribution is -0.135. The zero-order valence-corrected chi connectivity index (χ0v) is 9.12. The quantitative estimate of drug-likeness (QED) is 0.503. The summed E-state index contributed by atoms with van der Waals surface area (Å²) in [5.74, 6) is -4.49. The molecule has 0 saturated heterocycles. The Morgan fingerprint density at radius 3 is 2.33 bits per heavy atom. The molecule has 0 spiro atoms. The Morgan fingerprint density at radius 1 is 1.06 bits per heavy atom. The van der Waals surface area contributed by atoms with E-state index < -0.39 is 36.0 Å². The van der Waals surface area contributed by atoms with Gasteiger partial charge in [0, 0.05) is 19.0 Å². The molecular formula is C10H10F6N2. The summed E-state index contributed by atoms with van der Waals surface area (Å²) >= 11 is 0. The minimum atomic E-state index is -4.23. The summed E-state index contributed by atoms with van der Waals surface area (Å²) in [5, 5.41) is 2.31. The lowest BCUT2D eigenvalue weighted by Gasteiger charge is -2.08. The second-order valence-electron chi connectivity index (χ2n) is 3.59. The molecular weight excluding hydrogens is 262 g/mol. The molecule has 0 radical (unpaired) electrons. The van der Waals surface area contributed by atoms with E-state index in [1.165, 1.54) is 0 Å². The highest BCUT2D eigenvalue weighted by atomic mass is 19.4. The van der Waals surface area contributed by atoms with Crippen LogP contribution in [-0.2, 0) is 0 Å². The van der Waals surface area contributed by atoms with Gasteiger partial charge in [-0.15, -0.1) is 0 Å². The lowest BCUT2D eigenvalue weighted by Crippen LogP contribution is -2.10. The number of anilines is 1. The number of aromatic nitrogens is 1. The largest absolute Gasteiger partial charge is 0.389 e. The number of nitrogens with zero attached hydrogens (tertiary/aromatic N) is 1. The van der Waals surface area contributed by atoms with Gasteiger partial charge in [-0.1, -0.05) is 0 Å². The van der Waals surface area contributed by atoms with Crippen LogP contribution in [-0.4, -0.2) is 17.7 Å². The van der Waals surface area contributed by atoms with Crippen molar-refractivity contribution in [1.82, 2.24) is 4.98 Å². The van der Waals surface area contributed by atoms with Crippen LogP contribution in [0.3, 0.4) is 0 Å². The zero-order chi connectivity index (χ0) is 13.8. The molecule has 8 heteroatoms. The van der Waals surface area contributed by atoms with E-state index in [4.69, 9.17) is 0 Å². The SMILES string of the molecule is Fc1cc(F)c(NCCCCC(F)(F)F)nc1F. The van der Waals surface area contributed by atoms with E-state index in [1.807, 2.05) is 0 Å². The van der Waals surface area contributed by atoms with Crippen LogP contribution in [0, 0.1) is 17.6 Å². The summed E-state index contributed by atoms with van der Waals surface area (Å²) in [5.41, 5.74) is 0. The molecule has 0 aromatic carbocycles. The minimum absolute atomic E-state index is 0.00886. The average molecular weight is 272 g/mol. The molecule has 0 fully saturated rings. The van der Waals surface area contributed by atoms with Crippen molar-refractivity contribution < 1.29 is 26.3 Å². The fourth-order valence-electron chi connectivity index (χ4n) is 1.23. The Labute approximate surface area is 99.0 Å². The normalized spacial score (nSPS) is 11.7. The molecule has 102 valence electrons. The predicted molar refractivity (Wildman–Crippen MR) is 52.5 cm³/mol. The summed E-state index contributed by atoms with van der Waals surface area (Å²) in [7, 11) is 0. The van der Waals surface area contributed by atoms with E-state index in [1.54, 1.807) is 0 Å². The van der Waals surface area contributed by atoms with Crippen molar-refractivity contribution in [3.05, 3.63) is 23.6 Å². The van der Waals surface area contributed by atoms with Crippen molar-refractivity contribution in [3.8, 4) is 0 Å². The number of unbranched alkanes of at least 4 members (excludes halogenated alkanes) is 1. The lowest BCUT2D eigenvalue weighted by atomic mass is 10.2.